The fraction of sp³-hybridized carbons (Fsp3) is 0.394. The summed E-state index contributed by atoms with van der Waals surface area (Å²) in [4.78, 5) is 20.1. The topological polar surface area (TPSA) is 88.6 Å². The van der Waals surface area contributed by atoms with Crippen LogP contribution in [-0.4, -0.2) is 62.2 Å². The third-order valence-corrected chi connectivity index (χ3v) is 8.65. The molecule has 3 aromatic rings. The second kappa shape index (κ2) is 12.4. The number of carbonyl (C=O) groups is 1. The summed E-state index contributed by atoms with van der Waals surface area (Å²) in [5, 5.41) is 13.2. The molecule has 1 amide bonds. The third kappa shape index (κ3) is 5.90. The molecule has 1 unspecified atom stereocenters. The van der Waals surface area contributed by atoms with Crippen LogP contribution in [0.1, 0.15) is 45.5 Å². The molecular weight excluding hydrogens is 534 g/mol. The predicted octanol–water partition coefficient (Wildman–Crippen LogP) is 5.13. The van der Waals surface area contributed by atoms with Crippen molar-refractivity contribution in [3.63, 3.8) is 0 Å². The molecule has 220 valence electrons. The van der Waals surface area contributed by atoms with Crippen molar-refractivity contribution in [2.24, 2.45) is 5.73 Å². The number of aryl methyl sites for hydroxylation is 2. The number of hydrogen-bond acceptors (Lipinski definition) is 6. The largest absolute Gasteiger partial charge is 0.382 e. The van der Waals surface area contributed by atoms with E-state index < -0.39 is 5.82 Å². The summed E-state index contributed by atoms with van der Waals surface area (Å²) in [6.45, 7) is 9.59. The monoisotopic (exact) mass is 572 g/mol. The van der Waals surface area contributed by atoms with E-state index in [4.69, 9.17) is 5.73 Å². The average molecular weight is 573 g/mol. The minimum atomic E-state index is -0.407. The highest BCUT2D eigenvalue weighted by molar-refractivity contribution is 5.99. The Labute approximate surface area is 246 Å². The average Bonchev–Trinajstić information content (AvgIpc) is 2.99. The van der Waals surface area contributed by atoms with Gasteiger partial charge in [0.2, 0.25) is 0 Å². The summed E-state index contributed by atoms with van der Waals surface area (Å²) in [6, 6.07) is 15.1. The van der Waals surface area contributed by atoms with Gasteiger partial charge < -0.3 is 25.8 Å². The van der Waals surface area contributed by atoms with Crippen molar-refractivity contribution in [3.05, 3.63) is 88.0 Å². The highest BCUT2D eigenvalue weighted by Crippen LogP contribution is 2.32. The molecule has 0 spiro atoms. The lowest BCUT2D eigenvalue weighted by Crippen LogP contribution is -2.57. The summed E-state index contributed by atoms with van der Waals surface area (Å²) in [5.41, 5.74) is 12.8. The van der Waals surface area contributed by atoms with Crippen LogP contribution in [0.4, 0.5) is 25.8 Å². The van der Waals surface area contributed by atoms with E-state index in [1.54, 1.807) is 18.2 Å². The molecule has 2 saturated heterocycles. The van der Waals surface area contributed by atoms with E-state index in [1.807, 2.05) is 18.7 Å². The molecule has 2 aliphatic rings. The number of anilines is 3. The molecule has 2 aliphatic heterocycles. The van der Waals surface area contributed by atoms with Gasteiger partial charge in [0.25, 0.3) is 5.91 Å². The molecule has 5 rings (SSSR count). The number of carbonyl (C=O) groups excluding carboxylic acids is 1. The first-order valence-corrected chi connectivity index (χ1v) is 14.5. The molecule has 1 atom stereocenters. The minimum absolute atomic E-state index is 0.000387. The maximum atomic E-state index is 14.0. The van der Waals surface area contributed by atoms with E-state index in [0.29, 0.717) is 31.7 Å². The Kier molecular flexibility index (Phi) is 8.64. The number of amides is 1. The van der Waals surface area contributed by atoms with E-state index in [2.05, 4.69) is 34.2 Å². The number of nitrogens with zero attached hydrogens (tertiary/aromatic N) is 4. The molecule has 7 nitrogen and oxygen atoms in total. The molecule has 3 N–H and O–H groups in total. The van der Waals surface area contributed by atoms with Gasteiger partial charge in [-0.05, 0) is 92.8 Å². The van der Waals surface area contributed by atoms with E-state index in [1.165, 1.54) is 24.3 Å². The van der Waals surface area contributed by atoms with E-state index >= 15 is 0 Å². The molecule has 0 aliphatic carbocycles. The molecule has 42 heavy (non-hydrogen) atoms. The summed E-state index contributed by atoms with van der Waals surface area (Å²) < 4.78 is 27.1. The first-order valence-electron chi connectivity index (χ1n) is 14.5. The van der Waals surface area contributed by atoms with Crippen molar-refractivity contribution >= 4 is 23.0 Å². The zero-order chi connectivity index (χ0) is 30.0. The first-order chi connectivity index (χ1) is 20.2. The van der Waals surface area contributed by atoms with Gasteiger partial charge in [-0.3, -0.25) is 4.79 Å². The van der Waals surface area contributed by atoms with Crippen LogP contribution < -0.4 is 20.9 Å². The van der Waals surface area contributed by atoms with Crippen molar-refractivity contribution in [1.29, 1.82) is 5.26 Å². The number of nitrogens with one attached hydrogen (secondary N) is 1. The number of halogens is 2. The lowest BCUT2D eigenvalue weighted by atomic mass is 9.94. The van der Waals surface area contributed by atoms with Crippen molar-refractivity contribution in [2.45, 2.75) is 45.7 Å². The van der Waals surface area contributed by atoms with Gasteiger partial charge in [0.05, 0.1) is 17.3 Å². The van der Waals surface area contributed by atoms with Gasteiger partial charge in [-0.2, -0.15) is 5.26 Å². The smallest absolute Gasteiger partial charge is 0.254 e. The van der Waals surface area contributed by atoms with Crippen LogP contribution in [0.3, 0.4) is 0 Å². The van der Waals surface area contributed by atoms with Crippen LogP contribution in [0.2, 0.25) is 0 Å². The lowest BCUT2D eigenvalue weighted by Gasteiger charge is -2.42. The van der Waals surface area contributed by atoms with Crippen molar-refractivity contribution in [2.75, 3.05) is 54.4 Å². The molecule has 0 bridgehead atoms. The third-order valence-electron chi connectivity index (χ3n) is 8.65. The van der Waals surface area contributed by atoms with Gasteiger partial charge in [-0.15, -0.1) is 0 Å². The summed E-state index contributed by atoms with van der Waals surface area (Å²) >= 11 is 0. The van der Waals surface area contributed by atoms with Gasteiger partial charge in [0.15, 0.2) is 0 Å². The maximum Gasteiger partial charge on any atom is 0.254 e. The molecule has 0 aromatic heterocycles. The molecule has 3 aromatic carbocycles. The lowest BCUT2D eigenvalue weighted by molar-refractivity contribution is 0.0722. The van der Waals surface area contributed by atoms with Gasteiger partial charge >= 0.3 is 0 Å². The highest BCUT2D eigenvalue weighted by Gasteiger charge is 2.32. The van der Waals surface area contributed by atoms with E-state index in [9.17, 15) is 18.8 Å². The zero-order valence-corrected chi connectivity index (χ0v) is 24.5. The SMILES string of the molecule is Cc1cc(C)c(C(=O)N2CCN(c3ccc(F)cc3)C(CN)C2)c(C)c1NC1CCN(c2ccc(F)cc2C#N)CC1. The number of nitrogens with two attached hydrogens (primary N) is 1. The normalized spacial score (nSPS) is 17.7. The minimum Gasteiger partial charge on any atom is -0.382 e. The Balaban J connectivity index is 1.29. The molecule has 2 fully saturated rings. The molecular formula is C33H38F2N6O. The molecule has 0 saturated carbocycles. The molecule has 2 heterocycles. The van der Waals surface area contributed by atoms with Crippen LogP contribution in [0.15, 0.2) is 48.5 Å². The van der Waals surface area contributed by atoms with Crippen LogP contribution in [0.5, 0.6) is 0 Å². The zero-order valence-electron chi connectivity index (χ0n) is 24.5. The van der Waals surface area contributed by atoms with E-state index in [0.717, 1.165) is 65.2 Å². The van der Waals surface area contributed by atoms with Gasteiger partial charge in [0, 0.05) is 62.2 Å². The van der Waals surface area contributed by atoms with Gasteiger partial charge in [0.1, 0.15) is 17.7 Å². The number of benzene rings is 3. The molecule has 0 radical (unpaired) electrons. The Morgan fingerprint density at radius 3 is 2.33 bits per heavy atom. The fourth-order valence-electron chi connectivity index (χ4n) is 6.45. The van der Waals surface area contributed by atoms with Gasteiger partial charge in [-0.1, -0.05) is 6.07 Å². The Morgan fingerprint density at radius 2 is 1.67 bits per heavy atom. The Morgan fingerprint density at radius 1 is 0.976 bits per heavy atom. The van der Waals surface area contributed by atoms with Crippen molar-refractivity contribution in [3.8, 4) is 6.07 Å². The predicted molar refractivity (Wildman–Crippen MR) is 163 cm³/mol. The van der Waals surface area contributed by atoms with Crippen LogP contribution in [-0.2, 0) is 0 Å². The second-order valence-electron chi connectivity index (χ2n) is 11.4. The second-order valence-corrected chi connectivity index (χ2v) is 11.4. The number of piperazine rings is 1. The fourth-order valence-corrected chi connectivity index (χ4v) is 6.45. The maximum absolute atomic E-state index is 14.0. The highest BCUT2D eigenvalue weighted by atomic mass is 19.1. The molecule has 9 heteroatoms. The number of hydrogen-bond donors (Lipinski definition) is 2. The standard InChI is InChI=1S/C33H38F2N6O/c1-21-16-22(2)32(38-27-10-12-39(13-11-27)30-9-6-26(35)17-24(30)18-36)23(3)31(21)33(42)40-14-15-41(29(19-37)20-40)28-7-4-25(34)5-8-28/h4-9,16-17,27,29,38H,10-15,19-20,37H2,1-3H3. The number of rotatable bonds is 6. The van der Waals surface area contributed by atoms with Crippen LogP contribution in [0.25, 0.3) is 0 Å². The quantitative estimate of drug-likeness (QED) is 0.426. The van der Waals surface area contributed by atoms with Crippen LogP contribution >= 0.6 is 0 Å². The summed E-state index contributed by atoms with van der Waals surface area (Å²) in [5.74, 6) is -0.686. The Hall–Kier alpha value is -4.16. The van der Waals surface area contributed by atoms with Crippen molar-refractivity contribution < 1.29 is 13.6 Å². The van der Waals surface area contributed by atoms with Crippen molar-refractivity contribution in [1.82, 2.24) is 4.90 Å². The first kappa shape index (κ1) is 29.3. The summed E-state index contributed by atoms with van der Waals surface area (Å²) in [7, 11) is 0. The summed E-state index contributed by atoms with van der Waals surface area (Å²) in [6.07, 6.45) is 1.70. The Bertz CT molecular complexity index is 1490. The number of piperidine rings is 1. The number of nitriles is 1. The van der Waals surface area contributed by atoms with Crippen LogP contribution in [0, 0.1) is 43.7 Å². The van der Waals surface area contributed by atoms with Gasteiger partial charge in [-0.25, -0.2) is 8.78 Å². The van der Waals surface area contributed by atoms with E-state index in [-0.39, 0.29) is 23.8 Å².